The third kappa shape index (κ3) is 19.7. The van der Waals surface area contributed by atoms with E-state index in [1.54, 1.807) is 30.0 Å². The van der Waals surface area contributed by atoms with Gasteiger partial charge in [0.2, 0.25) is 11.8 Å². The van der Waals surface area contributed by atoms with Crippen molar-refractivity contribution in [2.45, 2.75) is 107 Å². The Labute approximate surface area is 373 Å². The van der Waals surface area contributed by atoms with Crippen LogP contribution in [0.5, 0.6) is 0 Å². The molecule has 0 spiro atoms. The number of carbonyl (C=O) groups is 4. The fourth-order valence-corrected chi connectivity index (χ4v) is 7.20. The minimum Gasteiger partial charge on any atom is -0.387 e. The van der Waals surface area contributed by atoms with Crippen molar-refractivity contribution in [1.82, 2.24) is 0 Å². The van der Waals surface area contributed by atoms with Crippen LogP contribution >= 0.6 is 23.5 Å². The maximum atomic E-state index is 13.1. The van der Waals surface area contributed by atoms with Gasteiger partial charge in [0.25, 0.3) is 5.91 Å². The van der Waals surface area contributed by atoms with E-state index in [2.05, 4.69) is 75.8 Å². The molecule has 0 saturated carbocycles. The van der Waals surface area contributed by atoms with Gasteiger partial charge in [-0.2, -0.15) is 0 Å². The Morgan fingerprint density at radius 2 is 1.20 bits per heavy atom. The van der Waals surface area contributed by atoms with Crippen LogP contribution in [0.4, 0.5) is 22.7 Å². The van der Waals surface area contributed by atoms with Crippen LogP contribution in [0.15, 0.2) is 58.3 Å². The fourth-order valence-electron chi connectivity index (χ4n) is 5.44. The zero-order valence-corrected chi connectivity index (χ0v) is 39.3. The molecular weight excluding hydrogens is 809 g/mol. The van der Waals surface area contributed by atoms with E-state index in [-0.39, 0.29) is 35.1 Å². The lowest BCUT2D eigenvalue weighted by Crippen LogP contribution is -2.36. The fraction of sp³-hybridized carbons (Fsp3) is 0.511. The zero-order chi connectivity index (χ0) is 46.2. The molecule has 0 heterocycles. The van der Waals surface area contributed by atoms with Crippen molar-refractivity contribution in [2.75, 3.05) is 72.5 Å². The van der Waals surface area contributed by atoms with E-state index in [1.807, 2.05) is 25.2 Å². The molecule has 16 heteroatoms. The van der Waals surface area contributed by atoms with Gasteiger partial charge in [0.1, 0.15) is 6.29 Å². The summed E-state index contributed by atoms with van der Waals surface area (Å²) in [4.78, 5) is 50.5. The highest BCUT2D eigenvalue weighted by Crippen LogP contribution is 2.40. The Morgan fingerprint density at radius 3 is 1.64 bits per heavy atom. The van der Waals surface area contributed by atoms with Crippen LogP contribution in [0.3, 0.4) is 0 Å². The second kappa shape index (κ2) is 28.6. The lowest BCUT2D eigenvalue weighted by molar-refractivity contribution is -0.117. The number of anilines is 4. The number of hydrogen-bond acceptors (Lipinski definition) is 13. The number of unbranched alkanes of at least 4 members (excludes halogenated alkanes) is 2. The lowest BCUT2D eigenvalue weighted by atomic mass is 9.86. The van der Waals surface area contributed by atoms with Crippen molar-refractivity contribution in [3.8, 4) is 0 Å². The summed E-state index contributed by atoms with van der Waals surface area (Å²) in [5, 5.41) is 12.0. The van der Waals surface area contributed by atoms with Gasteiger partial charge in [-0.3, -0.25) is 19.2 Å². The Hall–Kier alpha value is -4.00. The summed E-state index contributed by atoms with van der Waals surface area (Å²) in [5.74, 6) is 0.528. The molecule has 16 N–H and O–H groups in total. The first kappa shape index (κ1) is 55.0. The molecule has 0 aliphatic rings. The standard InChI is InChI=1S/C26H37N5O3S.C15H26N4OS.C4H11N/c1-26(2,3)19-14-21(30-24(33)18-8-6-7-17(13-18)16-32)23(35-12-11-28)22(15-19)31-25(34)20(29)9-4-5-10-27;1-15(2,3)10-7-11(18-4)14(21-6-5-16)12(8-10)19-13(20)9-17;1-2-3-4-5/h6-8,13-16,20H,4-5,9-12,27-29H2,1-3H3,(H,30,33)(H,31,34);7-8,18H,5-6,9,16-17H2,1-4H3,(H,19,20);2-5H2,1H3. The lowest BCUT2D eigenvalue weighted by Gasteiger charge is -2.25. The first-order valence-electron chi connectivity index (χ1n) is 20.9. The van der Waals surface area contributed by atoms with Crippen LogP contribution in [0, 0.1) is 0 Å². The summed E-state index contributed by atoms with van der Waals surface area (Å²) in [7, 11) is 1.88. The molecule has 0 fully saturated rings. The van der Waals surface area contributed by atoms with Crippen LogP contribution in [-0.2, 0) is 20.4 Å². The van der Waals surface area contributed by atoms with E-state index in [4.69, 9.17) is 34.4 Å². The van der Waals surface area contributed by atoms with Gasteiger partial charge in [0, 0.05) is 48.5 Å². The predicted octanol–water partition coefficient (Wildman–Crippen LogP) is 6.21. The Morgan fingerprint density at radius 1 is 0.689 bits per heavy atom. The summed E-state index contributed by atoms with van der Waals surface area (Å²) >= 11 is 3.07. The number of nitrogens with two attached hydrogens (primary N) is 6. The van der Waals surface area contributed by atoms with Crippen LogP contribution in [0.25, 0.3) is 0 Å². The van der Waals surface area contributed by atoms with E-state index in [9.17, 15) is 19.2 Å². The number of carbonyl (C=O) groups excluding carboxylic acids is 4. The van der Waals surface area contributed by atoms with Crippen molar-refractivity contribution < 1.29 is 19.2 Å². The molecule has 0 aliphatic carbocycles. The largest absolute Gasteiger partial charge is 0.387 e. The van der Waals surface area contributed by atoms with E-state index >= 15 is 0 Å². The number of nitrogens with one attached hydrogen (secondary N) is 4. The van der Waals surface area contributed by atoms with Gasteiger partial charge >= 0.3 is 0 Å². The SMILES string of the molecule is CC(C)(C)c1cc(NC(=O)c2cccc(C=O)c2)c(SCCN)c(NC(=O)C(N)CCCCN)c1.CCCCN.CNc1cc(C(C)(C)C)cc(NC(=O)CN)c1SCCN. The molecule has 61 heavy (non-hydrogen) atoms. The monoisotopic (exact) mass is 883 g/mol. The molecule has 0 bridgehead atoms. The summed E-state index contributed by atoms with van der Waals surface area (Å²) in [6.07, 6.45) is 5.19. The number of aldehydes is 1. The van der Waals surface area contributed by atoms with Gasteiger partial charge < -0.3 is 55.7 Å². The number of hydrogen-bond donors (Lipinski definition) is 10. The number of amides is 3. The normalized spacial score (nSPS) is 11.6. The topological polar surface area (TPSA) is 273 Å². The van der Waals surface area contributed by atoms with E-state index < -0.39 is 6.04 Å². The van der Waals surface area contributed by atoms with E-state index in [1.165, 1.54) is 30.7 Å². The van der Waals surface area contributed by atoms with Crippen molar-refractivity contribution in [3.05, 3.63) is 70.8 Å². The average Bonchev–Trinajstić information content (AvgIpc) is 3.22. The summed E-state index contributed by atoms with van der Waals surface area (Å²) < 4.78 is 0. The number of thioether (sulfide) groups is 2. The predicted molar refractivity (Wildman–Crippen MR) is 260 cm³/mol. The van der Waals surface area contributed by atoms with Gasteiger partial charge in [0.05, 0.1) is 39.4 Å². The maximum Gasteiger partial charge on any atom is 0.255 e. The van der Waals surface area contributed by atoms with Crippen molar-refractivity contribution in [3.63, 3.8) is 0 Å². The molecule has 3 aromatic rings. The highest BCUT2D eigenvalue weighted by atomic mass is 32.2. The molecule has 0 radical (unpaired) electrons. The molecule has 3 amide bonds. The van der Waals surface area contributed by atoms with Gasteiger partial charge in [-0.15, -0.1) is 23.5 Å². The van der Waals surface area contributed by atoms with Gasteiger partial charge in [-0.05, 0) is 90.7 Å². The third-order valence-electron chi connectivity index (χ3n) is 9.02. The highest BCUT2D eigenvalue weighted by Gasteiger charge is 2.24. The minimum atomic E-state index is -0.670. The molecule has 1 atom stereocenters. The quantitative estimate of drug-likeness (QED) is 0.0344. The summed E-state index contributed by atoms with van der Waals surface area (Å²) in [6.45, 7) is 17.1. The van der Waals surface area contributed by atoms with Gasteiger partial charge in [-0.25, -0.2) is 0 Å². The zero-order valence-electron chi connectivity index (χ0n) is 37.7. The highest BCUT2D eigenvalue weighted by molar-refractivity contribution is 7.99. The second-order valence-electron chi connectivity index (χ2n) is 16.3. The molecule has 1 unspecified atom stereocenters. The number of rotatable bonds is 20. The molecule has 0 aromatic heterocycles. The molecular formula is C45H74N10O4S2. The van der Waals surface area contributed by atoms with Gasteiger partial charge in [-0.1, -0.05) is 73.4 Å². The van der Waals surface area contributed by atoms with Crippen LogP contribution in [-0.4, -0.2) is 81.3 Å². The van der Waals surface area contributed by atoms with E-state index in [0.29, 0.717) is 65.5 Å². The van der Waals surface area contributed by atoms with Gasteiger partial charge in [0.15, 0.2) is 0 Å². The Kier molecular flexibility index (Phi) is 25.8. The molecule has 3 rings (SSSR count). The first-order valence-corrected chi connectivity index (χ1v) is 22.9. The smallest absolute Gasteiger partial charge is 0.255 e. The summed E-state index contributed by atoms with van der Waals surface area (Å²) in [6, 6.07) is 13.8. The first-order chi connectivity index (χ1) is 28.8. The Balaban J connectivity index is 0.000000604. The minimum absolute atomic E-state index is 0.00907. The van der Waals surface area contributed by atoms with Crippen molar-refractivity contribution >= 4 is 70.3 Å². The molecule has 0 aliphatic heterocycles. The van der Waals surface area contributed by atoms with Crippen molar-refractivity contribution in [1.29, 1.82) is 0 Å². The Bertz CT molecular complexity index is 1830. The summed E-state index contributed by atoms with van der Waals surface area (Å²) in [5.41, 5.74) is 39.1. The van der Waals surface area contributed by atoms with Crippen LogP contribution in [0.2, 0.25) is 0 Å². The molecule has 14 nitrogen and oxygen atoms in total. The average molecular weight is 883 g/mol. The molecule has 3 aromatic carbocycles. The number of benzene rings is 3. The second-order valence-corrected chi connectivity index (χ2v) is 18.5. The van der Waals surface area contributed by atoms with Crippen LogP contribution in [0.1, 0.15) is 112 Å². The third-order valence-corrected chi connectivity index (χ3v) is 11.4. The van der Waals surface area contributed by atoms with Crippen LogP contribution < -0.4 is 55.7 Å². The van der Waals surface area contributed by atoms with Crippen molar-refractivity contribution in [2.24, 2.45) is 34.4 Å². The molecule has 0 saturated heterocycles. The van der Waals surface area contributed by atoms with E-state index in [0.717, 1.165) is 52.5 Å². The maximum absolute atomic E-state index is 13.1. The molecule has 340 valence electrons.